The fourth-order valence-corrected chi connectivity index (χ4v) is 6.94. The summed E-state index contributed by atoms with van der Waals surface area (Å²) in [5.74, 6) is 0.736. The number of rotatable bonds is 7. The van der Waals surface area contributed by atoms with Crippen molar-refractivity contribution in [2.24, 2.45) is 5.92 Å². The molecule has 3 aromatic rings. The minimum Gasteiger partial charge on any atom is -0.339 e. The summed E-state index contributed by atoms with van der Waals surface area (Å²) in [5, 5.41) is 0. The molecule has 0 radical (unpaired) electrons. The second-order valence-electron chi connectivity index (χ2n) is 10.6. The highest BCUT2D eigenvalue weighted by atomic mass is 32.2. The zero-order chi connectivity index (χ0) is 26.5. The van der Waals surface area contributed by atoms with Gasteiger partial charge in [-0.1, -0.05) is 60.2 Å². The lowest BCUT2D eigenvalue weighted by Gasteiger charge is -2.34. The predicted octanol–water partition coefficient (Wildman–Crippen LogP) is 4.60. The maximum atomic E-state index is 13.3. The molecule has 0 aromatic heterocycles. The molecule has 2 saturated heterocycles. The molecule has 2 heterocycles. The van der Waals surface area contributed by atoms with Gasteiger partial charge in [0.25, 0.3) is 5.91 Å². The number of hydrogen-bond acceptors (Lipinski definition) is 4. The Morgan fingerprint density at radius 2 is 1.45 bits per heavy atom. The van der Waals surface area contributed by atoms with Gasteiger partial charge in [0.05, 0.1) is 4.90 Å². The van der Waals surface area contributed by atoms with E-state index in [1.165, 1.54) is 5.56 Å². The lowest BCUT2D eigenvalue weighted by atomic mass is 9.90. The molecule has 2 fully saturated rings. The van der Waals surface area contributed by atoms with E-state index in [1.807, 2.05) is 42.2 Å². The van der Waals surface area contributed by atoms with Crippen molar-refractivity contribution in [2.45, 2.75) is 37.6 Å². The van der Waals surface area contributed by atoms with Gasteiger partial charge in [0.2, 0.25) is 10.0 Å². The Bertz CT molecular complexity index is 1330. The van der Waals surface area contributed by atoms with Crippen molar-refractivity contribution in [3.63, 3.8) is 0 Å². The molecule has 0 atom stereocenters. The van der Waals surface area contributed by atoms with Crippen molar-refractivity contribution in [1.82, 2.24) is 14.1 Å². The van der Waals surface area contributed by atoms with E-state index < -0.39 is 10.0 Å². The van der Waals surface area contributed by atoms with Crippen molar-refractivity contribution in [3.05, 3.63) is 101 Å². The van der Waals surface area contributed by atoms with Crippen LogP contribution in [0.3, 0.4) is 0 Å². The number of aryl methyl sites for hydroxylation is 1. The summed E-state index contributed by atoms with van der Waals surface area (Å²) in [6.45, 7) is 6.53. The quantitative estimate of drug-likeness (QED) is 0.447. The number of sulfonamides is 1. The van der Waals surface area contributed by atoms with Crippen LogP contribution >= 0.6 is 0 Å². The Kier molecular flexibility index (Phi) is 8.27. The van der Waals surface area contributed by atoms with Gasteiger partial charge in [-0.25, -0.2) is 8.42 Å². The van der Waals surface area contributed by atoms with Crippen LogP contribution in [0, 0.1) is 12.8 Å². The zero-order valence-electron chi connectivity index (χ0n) is 22.1. The van der Waals surface area contributed by atoms with E-state index in [4.69, 9.17) is 0 Å². The van der Waals surface area contributed by atoms with Gasteiger partial charge in [-0.3, -0.25) is 9.69 Å². The third kappa shape index (κ3) is 6.34. The molecule has 6 nitrogen and oxygen atoms in total. The summed E-state index contributed by atoms with van der Waals surface area (Å²) in [7, 11) is -3.47. The molecule has 0 bridgehead atoms. The highest BCUT2D eigenvalue weighted by Crippen LogP contribution is 2.24. The molecule has 7 heteroatoms. The van der Waals surface area contributed by atoms with Crippen LogP contribution in [0.1, 0.15) is 39.9 Å². The summed E-state index contributed by atoms with van der Waals surface area (Å²) < 4.78 is 27.6. The normalized spacial score (nSPS) is 18.0. The SMILES string of the molecule is Cc1ccc(S(=O)(=O)N2CCN(Cc3cccc(C(=O)N4CCC(Cc5ccccc5)CC4)c3)CC2)cc1. The van der Waals surface area contributed by atoms with Crippen molar-refractivity contribution in [2.75, 3.05) is 39.3 Å². The van der Waals surface area contributed by atoms with Gasteiger partial charge in [0, 0.05) is 51.4 Å². The first-order valence-electron chi connectivity index (χ1n) is 13.6. The molecule has 2 aliphatic rings. The van der Waals surface area contributed by atoms with E-state index in [9.17, 15) is 13.2 Å². The van der Waals surface area contributed by atoms with E-state index in [2.05, 4.69) is 41.3 Å². The molecular weight excluding hydrogens is 494 g/mol. The maximum absolute atomic E-state index is 13.3. The monoisotopic (exact) mass is 531 g/mol. The molecule has 2 aliphatic heterocycles. The average molecular weight is 532 g/mol. The van der Waals surface area contributed by atoms with Crippen LogP contribution in [-0.2, 0) is 23.0 Å². The van der Waals surface area contributed by atoms with Crippen molar-refractivity contribution in [1.29, 1.82) is 0 Å². The molecule has 1 amide bonds. The van der Waals surface area contributed by atoms with Gasteiger partial charge in [-0.05, 0) is 67.5 Å². The van der Waals surface area contributed by atoms with Gasteiger partial charge in [0.1, 0.15) is 0 Å². The Morgan fingerprint density at radius 1 is 0.789 bits per heavy atom. The average Bonchev–Trinajstić information content (AvgIpc) is 2.94. The Labute approximate surface area is 226 Å². The molecule has 0 aliphatic carbocycles. The van der Waals surface area contributed by atoms with Crippen molar-refractivity contribution in [3.8, 4) is 0 Å². The summed E-state index contributed by atoms with van der Waals surface area (Å²) >= 11 is 0. The van der Waals surface area contributed by atoms with Crippen LogP contribution < -0.4 is 0 Å². The van der Waals surface area contributed by atoms with Gasteiger partial charge in [-0.2, -0.15) is 4.31 Å². The summed E-state index contributed by atoms with van der Waals surface area (Å²) in [6.07, 6.45) is 3.16. The Morgan fingerprint density at radius 3 is 2.13 bits per heavy atom. The fourth-order valence-electron chi connectivity index (χ4n) is 5.52. The number of likely N-dealkylation sites (tertiary alicyclic amines) is 1. The lowest BCUT2D eigenvalue weighted by molar-refractivity contribution is 0.0690. The standard InChI is InChI=1S/C31H37N3O3S/c1-25-10-12-30(13-11-25)38(36,37)34-20-18-32(19-21-34)24-28-8-5-9-29(23-28)31(35)33-16-14-27(15-17-33)22-26-6-3-2-4-7-26/h2-13,23,27H,14-22,24H2,1H3. The van der Waals surface area contributed by atoms with Gasteiger partial charge < -0.3 is 4.90 Å². The molecule has 0 N–H and O–H groups in total. The molecule has 3 aromatic carbocycles. The molecule has 200 valence electrons. The number of carbonyl (C=O) groups is 1. The maximum Gasteiger partial charge on any atom is 0.253 e. The van der Waals surface area contributed by atoms with E-state index in [0.717, 1.165) is 49.0 Å². The number of nitrogens with zero attached hydrogens (tertiary/aromatic N) is 3. The minimum absolute atomic E-state index is 0.110. The molecule has 0 saturated carbocycles. The van der Waals surface area contributed by atoms with E-state index in [0.29, 0.717) is 43.5 Å². The van der Waals surface area contributed by atoms with E-state index in [1.54, 1.807) is 16.4 Å². The third-order valence-electron chi connectivity index (χ3n) is 7.84. The first-order valence-corrected chi connectivity index (χ1v) is 15.0. The summed E-state index contributed by atoms with van der Waals surface area (Å²) in [5.41, 5.74) is 4.25. The number of amides is 1. The van der Waals surface area contributed by atoms with Crippen molar-refractivity contribution >= 4 is 15.9 Å². The molecule has 38 heavy (non-hydrogen) atoms. The van der Waals surface area contributed by atoms with Gasteiger partial charge in [-0.15, -0.1) is 0 Å². The number of benzene rings is 3. The third-order valence-corrected chi connectivity index (χ3v) is 9.75. The Hall–Kier alpha value is -3.00. The smallest absolute Gasteiger partial charge is 0.253 e. The number of piperazine rings is 1. The highest BCUT2D eigenvalue weighted by Gasteiger charge is 2.29. The van der Waals surface area contributed by atoms with Crippen LogP contribution in [0.15, 0.2) is 83.8 Å². The fraction of sp³-hybridized carbons (Fsp3) is 0.387. The van der Waals surface area contributed by atoms with Gasteiger partial charge >= 0.3 is 0 Å². The zero-order valence-corrected chi connectivity index (χ0v) is 22.9. The van der Waals surface area contributed by atoms with Crippen LogP contribution in [0.2, 0.25) is 0 Å². The van der Waals surface area contributed by atoms with Gasteiger partial charge in [0.15, 0.2) is 0 Å². The Balaban J connectivity index is 1.13. The molecule has 5 rings (SSSR count). The van der Waals surface area contributed by atoms with Crippen LogP contribution in [0.4, 0.5) is 0 Å². The number of piperidine rings is 1. The molecule has 0 spiro atoms. The summed E-state index contributed by atoms with van der Waals surface area (Å²) in [4.78, 5) is 17.9. The van der Waals surface area contributed by atoms with Crippen LogP contribution in [0.25, 0.3) is 0 Å². The molecular formula is C31H37N3O3S. The van der Waals surface area contributed by atoms with E-state index >= 15 is 0 Å². The minimum atomic E-state index is -3.47. The number of carbonyl (C=O) groups excluding carboxylic acids is 1. The second kappa shape index (κ2) is 11.8. The predicted molar refractivity (Wildman–Crippen MR) is 150 cm³/mol. The molecule has 0 unspecified atom stereocenters. The lowest BCUT2D eigenvalue weighted by Crippen LogP contribution is -2.48. The number of hydrogen-bond donors (Lipinski definition) is 0. The highest BCUT2D eigenvalue weighted by molar-refractivity contribution is 7.89. The first kappa shape index (κ1) is 26.6. The first-order chi connectivity index (χ1) is 18.4. The topological polar surface area (TPSA) is 60.9 Å². The van der Waals surface area contributed by atoms with Crippen LogP contribution in [0.5, 0.6) is 0 Å². The second-order valence-corrected chi connectivity index (χ2v) is 12.6. The van der Waals surface area contributed by atoms with Crippen molar-refractivity contribution < 1.29 is 13.2 Å². The summed E-state index contributed by atoms with van der Waals surface area (Å²) in [6, 6.07) is 25.6. The van der Waals surface area contributed by atoms with Crippen LogP contribution in [-0.4, -0.2) is 67.7 Å². The van der Waals surface area contributed by atoms with E-state index in [-0.39, 0.29) is 5.91 Å². The largest absolute Gasteiger partial charge is 0.339 e.